The zero-order chi connectivity index (χ0) is 15.3. The highest BCUT2D eigenvalue weighted by molar-refractivity contribution is 9.11. The molecule has 4 nitrogen and oxygen atoms in total. The minimum Gasteiger partial charge on any atom is -0.481 e. The van der Waals surface area contributed by atoms with Crippen LogP contribution in [0, 0.1) is 0 Å². The third-order valence-electron chi connectivity index (χ3n) is 3.68. The average molecular weight is 372 g/mol. The summed E-state index contributed by atoms with van der Waals surface area (Å²) in [6.07, 6.45) is 7.75. The van der Waals surface area contributed by atoms with Crippen LogP contribution in [0.2, 0.25) is 0 Å². The number of carboxylic acids is 1. The molecule has 0 bridgehead atoms. The molecule has 114 valence electrons. The van der Waals surface area contributed by atoms with Gasteiger partial charge in [-0.2, -0.15) is 0 Å². The van der Waals surface area contributed by atoms with E-state index >= 15 is 0 Å². The highest BCUT2D eigenvalue weighted by Gasteiger charge is 2.35. The summed E-state index contributed by atoms with van der Waals surface area (Å²) in [5.74, 6) is -1.08. The lowest BCUT2D eigenvalue weighted by atomic mass is 9.79. The number of halogens is 1. The molecule has 2 N–H and O–H groups in total. The van der Waals surface area contributed by atoms with Crippen molar-refractivity contribution >= 4 is 45.2 Å². The van der Waals surface area contributed by atoms with Crippen molar-refractivity contribution in [2.75, 3.05) is 0 Å². The fourth-order valence-electron chi connectivity index (χ4n) is 2.74. The van der Waals surface area contributed by atoms with E-state index in [9.17, 15) is 9.59 Å². The van der Waals surface area contributed by atoms with Crippen molar-refractivity contribution in [3.63, 3.8) is 0 Å². The average Bonchev–Trinajstić information content (AvgIpc) is 2.82. The number of carbonyl (C=O) groups is 2. The number of thiophene rings is 1. The zero-order valence-electron chi connectivity index (χ0n) is 11.6. The normalized spacial score (nSPS) is 17.8. The van der Waals surface area contributed by atoms with Crippen molar-refractivity contribution in [2.45, 2.75) is 44.1 Å². The lowest BCUT2D eigenvalue weighted by Crippen LogP contribution is -2.50. The van der Waals surface area contributed by atoms with Gasteiger partial charge in [-0.05, 0) is 47.0 Å². The van der Waals surface area contributed by atoms with Gasteiger partial charge in [0.15, 0.2) is 0 Å². The van der Waals surface area contributed by atoms with Gasteiger partial charge < -0.3 is 10.4 Å². The molecule has 21 heavy (non-hydrogen) atoms. The fourth-order valence-corrected chi connectivity index (χ4v) is 4.07. The van der Waals surface area contributed by atoms with Gasteiger partial charge >= 0.3 is 5.97 Å². The Bertz CT molecular complexity index is 547. The van der Waals surface area contributed by atoms with Crippen LogP contribution in [0.4, 0.5) is 0 Å². The second-order valence-corrected chi connectivity index (χ2v) is 7.87. The number of carboxylic acid groups (broad SMARTS) is 1. The Balaban J connectivity index is 2.00. The van der Waals surface area contributed by atoms with Gasteiger partial charge in [-0.25, -0.2) is 0 Å². The van der Waals surface area contributed by atoms with Crippen molar-refractivity contribution in [2.24, 2.45) is 0 Å². The monoisotopic (exact) mass is 371 g/mol. The minimum absolute atomic E-state index is 0.00285. The first-order chi connectivity index (χ1) is 9.99. The number of nitrogens with one attached hydrogen (secondary N) is 1. The predicted molar refractivity (Wildman–Crippen MR) is 87.3 cm³/mol. The number of aliphatic carboxylic acids is 1. The summed E-state index contributed by atoms with van der Waals surface area (Å²) in [5.41, 5.74) is -0.582. The molecule has 1 aliphatic rings. The molecule has 1 aromatic heterocycles. The largest absolute Gasteiger partial charge is 0.481 e. The van der Waals surface area contributed by atoms with E-state index in [-0.39, 0.29) is 12.3 Å². The zero-order valence-corrected chi connectivity index (χ0v) is 14.0. The summed E-state index contributed by atoms with van der Waals surface area (Å²) in [7, 11) is 0. The van der Waals surface area contributed by atoms with Gasteiger partial charge in [0.05, 0.1) is 15.7 Å². The maximum atomic E-state index is 12.1. The van der Waals surface area contributed by atoms with Crippen molar-refractivity contribution in [1.82, 2.24) is 5.32 Å². The molecule has 1 aliphatic carbocycles. The van der Waals surface area contributed by atoms with Gasteiger partial charge in [-0.15, -0.1) is 11.3 Å². The number of hydrogen-bond donors (Lipinski definition) is 2. The summed E-state index contributed by atoms with van der Waals surface area (Å²) in [6.45, 7) is 0. The van der Waals surface area contributed by atoms with E-state index in [2.05, 4.69) is 21.2 Å². The van der Waals surface area contributed by atoms with Gasteiger partial charge in [0.1, 0.15) is 0 Å². The Hall–Kier alpha value is -1.14. The molecule has 0 aliphatic heterocycles. The highest BCUT2D eigenvalue weighted by atomic mass is 79.9. The molecule has 1 heterocycles. The van der Waals surface area contributed by atoms with E-state index in [0.29, 0.717) is 0 Å². The van der Waals surface area contributed by atoms with Gasteiger partial charge in [-0.3, -0.25) is 9.59 Å². The summed E-state index contributed by atoms with van der Waals surface area (Å²) < 4.78 is 1.01. The Morgan fingerprint density at radius 1 is 1.33 bits per heavy atom. The SMILES string of the molecule is O=C(O)CC1(NC(=O)C=Cc2ccc(Br)s2)CCCCC1. The van der Waals surface area contributed by atoms with Crippen LogP contribution in [0.3, 0.4) is 0 Å². The van der Waals surface area contributed by atoms with E-state index in [4.69, 9.17) is 5.11 Å². The van der Waals surface area contributed by atoms with Gasteiger partial charge in [0, 0.05) is 11.0 Å². The van der Waals surface area contributed by atoms with Crippen LogP contribution in [-0.2, 0) is 9.59 Å². The van der Waals surface area contributed by atoms with Crippen LogP contribution in [0.25, 0.3) is 6.08 Å². The third kappa shape index (κ3) is 4.97. The molecule has 0 atom stereocenters. The molecule has 1 amide bonds. The van der Waals surface area contributed by atoms with Crippen LogP contribution >= 0.6 is 27.3 Å². The minimum atomic E-state index is -0.858. The number of carbonyl (C=O) groups excluding carboxylic acids is 1. The Labute approximate surface area is 136 Å². The first kappa shape index (κ1) is 16.2. The molecule has 1 fully saturated rings. The molecule has 0 saturated heterocycles. The molecule has 0 unspecified atom stereocenters. The molecule has 0 aromatic carbocycles. The second-order valence-electron chi connectivity index (χ2n) is 5.38. The molecule has 1 saturated carbocycles. The summed E-state index contributed by atoms with van der Waals surface area (Å²) in [4.78, 5) is 24.1. The smallest absolute Gasteiger partial charge is 0.305 e. The number of hydrogen-bond acceptors (Lipinski definition) is 3. The van der Waals surface area contributed by atoms with Crippen molar-refractivity contribution in [1.29, 1.82) is 0 Å². The van der Waals surface area contributed by atoms with E-state index in [1.807, 2.05) is 12.1 Å². The number of rotatable bonds is 5. The Morgan fingerprint density at radius 3 is 2.62 bits per heavy atom. The molecular weight excluding hydrogens is 354 g/mol. The van der Waals surface area contributed by atoms with Crippen LogP contribution in [0.5, 0.6) is 0 Å². The van der Waals surface area contributed by atoms with E-state index in [1.54, 1.807) is 17.4 Å². The lowest BCUT2D eigenvalue weighted by molar-refractivity contribution is -0.139. The lowest BCUT2D eigenvalue weighted by Gasteiger charge is -2.36. The van der Waals surface area contributed by atoms with Crippen LogP contribution in [-0.4, -0.2) is 22.5 Å². The second kappa shape index (κ2) is 7.22. The first-order valence-corrected chi connectivity index (χ1v) is 8.57. The van der Waals surface area contributed by atoms with Crippen LogP contribution < -0.4 is 5.32 Å². The van der Waals surface area contributed by atoms with Crippen LogP contribution in [0.1, 0.15) is 43.4 Å². The Kier molecular flexibility index (Phi) is 5.58. The highest BCUT2D eigenvalue weighted by Crippen LogP contribution is 2.31. The standard InChI is InChI=1S/C15H18BrNO3S/c16-12-6-4-11(21-12)5-7-13(18)17-15(10-14(19)20)8-2-1-3-9-15/h4-7H,1-3,8-10H2,(H,17,18)(H,19,20). The molecule has 0 spiro atoms. The fraction of sp³-hybridized carbons (Fsp3) is 0.467. The van der Waals surface area contributed by atoms with Gasteiger partial charge in [0.2, 0.25) is 5.91 Å². The van der Waals surface area contributed by atoms with Gasteiger partial charge in [-0.1, -0.05) is 19.3 Å². The topological polar surface area (TPSA) is 66.4 Å². The van der Waals surface area contributed by atoms with Crippen molar-refractivity contribution in [3.8, 4) is 0 Å². The molecular formula is C15H18BrNO3S. The third-order valence-corrected chi connectivity index (χ3v) is 5.27. The quantitative estimate of drug-likeness (QED) is 0.773. The van der Waals surface area contributed by atoms with E-state index < -0.39 is 11.5 Å². The molecule has 2 rings (SSSR count). The maximum absolute atomic E-state index is 12.1. The number of amides is 1. The predicted octanol–water partition coefficient (Wildman–Crippen LogP) is 3.82. The van der Waals surface area contributed by atoms with Gasteiger partial charge in [0.25, 0.3) is 0 Å². The van der Waals surface area contributed by atoms with Crippen LogP contribution in [0.15, 0.2) is 22.0 Å². The van der Waals surface area contributed by atoms with Crippen molar-refractivity contribution < 1.29 is 14.7 Å². The van der Waals surface area contributed by atoms with E-state index in [1.165, 1.54) is 6.08 Å². The summed E-state index contributed by atoms with van der Waals surface area (Å²) in [5, 5.41) is 12.0. The first-order valence-electron chi connectivity index (χ1n) is 6.96. The summed E-state index contributed by atoms with van der Waals surface area (Å²) >= 11 is 4.91. The molecule has 0 radical (unpaired) electrons. The summed E-state index contributed by atoms with van der Waals surface area (Å²) in [6, 6.07) is 3.85. The molecule has 1 aromatic rings. The molecule has 6 heteroatoms. The Morgan fingerprint density at radius 2 is 2.05 bits per heavy atom. The maximum Gasteiger partial charge on any atom is 0.305 e. The van der Waals surface area contributed by atoms with Crippen molar-refractivity contribution in [3.05, 3.63) is 26.9 Å². The van der Waals surface area contributed by atoms with E-state index in [0.717, 1.165) is 40.8 Å².